The zero-order valence-corrected chi connectivity index (χ0v) is 11.9. The van der Waals surface area contributed by atoms with Crippen molar-refractivity contribution in [3.05, 3.63) is 34.9 Å². The van der Waals surface area contributed by atoms with Gasteiger partial charge in [-0.1, -0.05) is 23.7 Å². The molecule has 2 atom stereocenters. The van der Waals surface area contributed by atoms with Gasteiger partial charge in [-0.2, -0.15) is 0 Å². The molecule has 0 spiro atoms. The summed E-state index contributed by atoms with van der Waals surface area (Å²) < 4.78 is 0. The molecular formula is C13H18Cl2N2O. The minimum Gasteiger partial charge on any atom is -0.341 e. The molecule has 0 saturated carbocycles. The lowest BCUT2D eigenvalue weighted by molar-refractivity contribution is -0.131. The molecule has 2 unspecified atom stereocenters. The molecule has 3 nitrogen and oxygen atoms in total. The van der Waals surface area contributed by atoms with Crippen molar-refractivity contribution in [1.82, 2.24) is 4.90 Å². The molecule has 1 amide bonds. The first-order valence-corrected chi connectivity index (χ1v) is 6.25. The molecule has 1 heterocycles. The second kappa shape index (κ2) is 6.41. The summed E-state index contributed by atoms with van der Waals surface area (Å²) in [6, 6.07) is 7.60. The molecule has 5 heteroatoms. The summed E-state index contributed by atoms with van der Waals surface area (Å²) >= 11 is 5.93. The monoisotopic (exact) mass is 288 g/mol. The highest BCUT2D eigenvalue weighted by Gasteiger charge is 2.27. The van der Waals surface area contributed by atoms with Gasteiger partial charge < -0.3 is 10.6 Å². The van der Waals surface area contributed by atoms with Crippen molar-refractivity contribution in [1.29, 1.82) is 0 Å². The Labute approximate surface area is 119 Å². The van der Waals surface area contributed by atoms with E-state index in [1.165, 1.54) is 0 Å². The summed E-state index contributed by atoms with van der Waals surface area (Å²) in [4.78, 5) is 14.1. The van der Waals surface area contributed by atoms with E-state index in [0.29, 0.717) is 11.6 Å². The van der Waals surface area contributed by atoms with Gasteiger partial charge in [0.1, 0.15) is 0 Å². The van der Waals surface area contributed by atoms with Crippen LogP contribution < -0.4 is 5.73 Å². The first-order valence-electron chi connectivity index (χ1n) is 5.88. The number of hydrogen-bond acceptors (Lipinski definition) is 2. The fraction of sp³-hybridized carbons (Fsp3) is 0.462. The predicted octanol–water partition coefficient (Wildman–Crippen LogP) is 2.42. The lowest BCUT2D eigenvalue weighted by Crippen LogP contribution is -2.34. The maximum absolute atomic E-state index is 12.2. The maximum atomic E-state index is 12.2. The quantitative estimate of drug-likeness (QED) is 0.909. The molecule has 100 valence electrons. The predicted molar refractivity (Wildman–Crippen MR) is 76.3 cm³/mol. The Hall–Kier alpha value is -0.770. The molecule has 1 fully saturated rings. The Morgan fingerprint density at radius 3 is 2.83 bits per heavy atom. The van der Waals surface area contributed by atoms with Gasteiger partial charge in [-0.3, -0.25) is 4.79 Å². The molecule has 0 radical (unpaired) electrons. The third-order valence-corrected chi connectivity index (χ3v) is 3.49. The van der Waals surface area contributed by atoms with E-state index in [1.54, 1.807) is 0 Å². The molecule has 0 aliphatic carbocycles. The third kappa shape index (κ3) is 3.37. The van der Waals surface area contributed by atoms with E-state index < -0.39 is 0 Å². The molecular weight excluding hydrogens is 271 g/mol. The largest absolute Gasteiger partial charge is 0.341 e. The number of hydrogen-bond donors (Lipinski definition) is 1. The zero-order chi connectivity index (χ0) is 12.4. The Morgan fingerprint density at radius 2 is 2.28 bits per heavy atom. The van der Waals surface area contributed by atoms with Crippen molar-refractivity contribution in [2.75, 3.05) is 13.1 Å². The normalized spacial score (nSPS) is 20.4. The smallest absolute Gasteiger partial charge is 0.229 e. The summed E-state index contributed by atoms with van der Waals surface area (Å²) in [6.07, 6.45) is 0.897. The number of likely N-dealkylation sites (tertiary alicyclic amines) is 1. The highest BCUT2D eigenvalue weighted by Crippen LogP contribution is 2.23. The molecule has 1 aliphatic heterocycles. The summed E-state index contributed by atoms with van der Waals surface area (Å²) in [5.74, 6) is -0.0146. The van der Waals surface area contributed by atoms with Crippen LogP contribution in [0.2, 0.25) is 5.02 Å². The van der Waals surface area contributed by atoms with Gasteiger partial charge in [0.15, 0.2) is 0 Å². The van der Waals surface area contributed by atoms with E-state index in [-0.39, 0.29) is 30.3 Å². The highest BCUT2D eigenvalue weighted by atomic mass is 35.5. The highest BCUT2D eigenvalue weighted by molar-refractivity contribution is 6.30. The van der Waals surface area contributed by atoms with E-state index >= 15 is 0 Å². The number of carbonyl (C=O) groups excluding carboxylic acids is 1. The van der Waals surface area contributed by atoms with Crippen molar-refractivity contribution in [3.63, 3.8) is 0 Å². The second-order valence-electron chi connectivity index (χ2n) is 4.61. The van der Waals surface area contributed by atoms with Crippen molar-refractivity contribution >= 4 is 29.9 Å². The molecule has 1 saturated heterocycles. The van der Waals surface area contributed by atoms with E-state index in [4.69, 9.17) is 17.3 Å². The van der Waals surface area contributed by atoms with Crippen LogP contribution in [0.3, 0.4) is 0 Å². The molecule has 1 aromatic rings. The van der Waals surface area contributed by atoms with E-state index in [0.717, 1.165) is 18.5 Å². The number of rotatable bonds is 2. The number of nitrogens with zero attached hydrogens (tertiary/aromatic N) is 1. The number of nitrogens with two attached hydrogens (primary N) is 1. The zero-order valence-electron chi connectivity index (χ0n) is 10.3. The average molecular weight is 289 g/mol. The van der Waals surface area contributed by atoms with Crippen LogP contribution in [0.25, 0.3) is 0 Å². The fourth-order valence-electron chi connectivity index (χ4n) is 2.18. The second-order valence-corrected chi connectivity index (χ2v) is 5.05. The third-order valence-electron chi connectivity index (χ3n) is 3.26. The van der Waals surface area contributed by atoms with E-state index in [2.05, 4.69) is 0 Å². The van der Waals surface area contributed by atoms with Crippen molar-refractivity contribution < 1.29 is 4.79 Å². The standard InChI is InChI=1S/C13H17ClN2O.ClH/c1-9(10-3-2-4-11(14)7-10)13(17)16-6-5-12(15)8-16;/h2-4,7,9,12H,5-6,8,15H2,1H3;1H. The van der Waals surface area contributed by atoms with Gasteiger partial charge in [-0.25, -0.2) is 0 Å². The van der Waals surface area contributed by atoms with Crippen molar-refractivity contribution in [2.45, 2.75) is 25.3 Å². The molecule has 2 N–H and O–H groups in total. The van der Waals surface area contributed by atoms with Gasteiger partial charge in [-0.15, -0.1) is 12.4 Å². The van der Waals surface area contributed by atoms with Gasteiger partial charge in [0.05, 0.1) is 5.92 Å². The summed E-state index contributed by atoms with van der Waals surface area (Å²) in [7, 11) is 0. The topological polar surface area (TPSA) is 46.3 Å². The SMILES string of the molecule is CC(C(=O)N1CCC(N)C1)c1cccc(Cl)c1.Cl. The molecule has 0 bridgehead atoms. The number of benzene rings is 1. The minimum absolute atomic E-state index is 0. The molecule has 1 aromatic carbocycles. The lowest BCUT2D eigenvalue weighted by Gasteiger charge is -2.21. The van der Waals surface area contributed by atoms with Crippen LogP contribution in [0, 0.1) is 0 Å². The Kier molecular flexibility index (Phi) is 5.45. The van der Waals surface area contributed by atoms with Crippen LogP contribution in [-0.2, 0) is 4.79 Å². The van der Waals surface area contributed by atoms with Gasteiger partial charge in [0, 0.05) is 24.2 Å². The summed E-state index contributed by atoms with van der Waals surface area (Å²) in [5, 5.41) is 0.667. The average Bonchev–Trinajstić information content (AvgIpc) is 2.74. The Bertz CT molecular complexity index is 425. The van der Waals surface area contributed by atoms with Gasteiger partial charge in [0.25, 0.3) is 0 Å². The molecule has 1 aliphatic rings. The van der Waals surface area contributed by atoms with Crippen molar-refractivity contribution in [2.24, 2.45) is 5.73 Å². The van der Waals surface area contributed by atoms with E-state index in [1.807, 2.05) is 36.1 Å². The minimum atomic E-state index is -0.154. The molecule has 2 rings (SSSR count). The van der Waals surface area contributed by atoms with Crippen LogP contribution in [-0.4, -0.2) is 29.9 Å². The van der Waals surface area contributed by atoms with E-state index in [9.17, 15) is 4.79 Å². The number of amides is 1. The Balaban J connectivity index is 0.00000162. The van der Waals surface area contributed by atoms with Crippen LogP contribution in [0.4, 0.5) is 0 Å². The van der Waals surface area contributed by atoms with Crippen LogP contribution in [0.5, 0.6) is 0 Å². The number of carbonyl (C=O) groups is 1. The maximum Gasteiger partial charge on any atom is 0.229 e. The fourth-order valence-corrected chi connectivity index (χ4v) is 2.38. The van der Waals surface area contributed by atoms with Crippen LogP contribution in [0.15, 0.2) is 24.3 Å². The van der Waals surface area contributed by atoms with Crippen molar-refractivity contribution in [3.8, 4) is 0 Å². The van der Waals surface area contributed by atoms with Crippen LogP contribution >= 0.6 is 24.0 Å². The molecule has 18 heavy (non-hydrogen) atoms. The van der Waals surface area contributed by atoms with Gasteiger partial charge >= 0.3 is 0 Å². The summed E-state index contributed by atoms with van der Waals surface area (Å²) in [5.41, 5.74) is 6.77. The summed E-state index contributed by atoms with van der Waals surface area (Å²) in [6.45, 7) is 3.35. The first-order chi connectivity index (χ1) is 8.08. The molecule has 0 aromatic heterocycles. The van der Waals surface area contributed by atoms with Gasteiger partial charge in [-0.05, 0) is 31.0 Å². The Morgan fingerprint density at radius 1 is 1.56 bits per heavy atom. The van der Waals surface area contributed by atoms with Gasteiger partial charge in [0.2, 0.25) is 5.91 Å². The number of halogens is 2. The van der Waals surface area contributed by atoms with Crippen LogP contribution in [0.1, 0.15) is 24.8 Å². The first kappa shape index (κ1) is 15.3. The lowest BCUT2D eigenvalue weighted by atomic mass is 10.00.